The van der Waals surface area contributed by atoms with E-state index in [-0.39, 0.29) is 22.9 Å². The maximum Gasteiger partial charge on any atom is 0.308 e. The van der Waals surface area contributed by atoms with Crippen LogP contribution in [0.1, 0.15) is 23.1 Å². The Balaban J connectivity index is 1.88. The minimum atomic E-state index is -0.513. The number of hydrogen-bond acceptors (Lipinski definition) is 4. The van der Waals surface area contributed by atoms with Gasteiger partial charge in [-0.2, -0.15) is 0 Å². The molecule has 0 spiro atoms. The van der Waals surface area contributed by atoms with Gasteiger partial charge in [0.05, 0.1) is 5.52 Å². The van der Waals surface area contributed by atoms with Crippen LogP contribution in [0.15, 0.2) is 54.7 Å². The lowest BCUT2D eigenvalue weighted by Gasteiger charge is -2.05. The van der Waals surface area contributed by atoms with E-state index in [0.717, 1.165) is 10.8 Å². The van der Waals surface area contributed by atoms with E-state index in [0.29, 0.717) is 15.9 Å². The molecule has 2 heterocycles. The number of ketones is 1. The lowest BCUT2D eigenvalue weighted by atomic mass is 10.1. The molecule has 0 aliphatic rings. The monoisotopic (exact) mass is 364 g/mol. The molecular formula is C20H13ClN2O3. The predicted octanol–water partition coefficient (Wildman–Crippen LogP) is 4.53. The summed E-state index contributed by atoms with van der Waals surface area (Å²) in [6, 6.07) is 14.4. The highest BCUT2D eigenvalue weighted by Crippen LogP contribution is 2.33. The van der Waals surface area contributed by atoms with E-state index in [4.69, 9.17) is 16.3 Å². The van der Waals surface area contributed by atoms with Gasteiger partial charge in [0.25, 0.3) is 0 Å². The van der Waals surface area contributed by atoms with Crippen LogP contribution in [-0.4, -0.2) is 21.7 Å². The Bertz CT molecular complexity index is 1180. The van der Waals surface area contributed by atoms with Crippen LogP contribution in [0, 0.1) is 0 Å². The lowest BCUT2D eigenvalue weighted by Crippen LogP contribution is -2.09. The number of hydrogen-bond donors (Lipinski definition) is 1. The molecule has 0 saturated heterocycles. The highest BCUT2D eigenvalue weighted by Gasteiger charge is 2.23. The van der Waals surface area contributed by atoms with Crippen LogP contribution in [0.4, 0.5) is 0 Å². The third-order valence-corrected chi connectivity index (χ3v) is 4.28. The van der Waals surface area contributed by atoms with Gasteiger partial charge >= 0.3 is 5.97 Å². The summed E-state index contributed by atoms with van der Waals surface area (Å²) < 4.78 is 5.31. The molecule has 0 fully saturated rings. The van der Waals surface area contributed by atoms with E-state index < -0.39 is 5.97 Å². The van der Waals surface area contributed by atoms with Crippen molar-refractivity contribution in [2.75, 3.05) is 0 Å². The van der Waals surface area contributed by atoms with Crippen molar-refractivity contribution in [3.05, 3.63) is 71.1 Å². The molecule has 4 rings (SSSR count). The zero-order chi connectivity index (χ0) is 18.3. The number of ether oxygens (including phenoxy) is 1. The zero-order valence-electron chi connectivity index (χ0n) is 13.7. The van der Waals surface area contributed by atoms with Gasteiger partial charge in [0.2, 0.25) is 5.78 Å². The van der Waals surface area contributed by atoms with Gasteiger partial charge in [-0.3, -0.25) is 14.6 Å². The molecule has 0 saturated carbocycles. The second kappa shape index (κ2) is 6.28. The fourth-order valence-electron chi connectivity index (χ4n) is 2.89. The first-order valence-corrected chi connectivity index (χ1v) is 8.30. The fraction of sp³-hybridized carbons (Fsp3) is 0.0500. The molecule has 128 valence electrons. The molecule has 5 nitrogen and oxygen atoms in total. The summed E-state index contributed by atoms with van der Waals surface area (Å²) in [6.45, 7) is 1.29. The molecule has 2 aromatic heterocycles. The Morgan fingerprint density at radius 1 is 1.08 bits per heavy atom. The summed E-state index contributed by atoms with van der Waals surface area (Å²) >= 11 is 6.02. The van der Waals surface area contributed by atoms with Crippen LogP contribution in [0.2, 0.25) is 5.02 Å². The van der Waals surface area contributed by atoms with E-state index in [1.54, 1.807) is 30.5 Å². The zero-order valence-corrected chi connectivity index (χ0v) is 14.5. The molecule has 26 heavy (non-hydrogen) atoms. The van der Waals surface area contributed by atoms with E-state index >= 15 is 0 Å². The van der Waals surface area contributed by atoms with Gasteiger partial charge in [-0.15, -0.1) is 0 Å². The SMILES string of the molecule is CC(=O)Oc1c(C(=O)c2cc3ccccc3cn2)[nH]c2cc(Cl)ccc12. The van der Waals surface area contributed by atoms with E-state index in [1.807, 2.05) is 24.3 Å². The summed E-state index contributed by atoms with van der Waals surface area (Å²) in [5.74, 6) is -0.690. The first-order chi connectivity index (χ1) is 12.5. The topological polar surface area (TPSA) is 72.1 Å². The van der Waals surface area contributed by atoms with Crippen molar-refractivity contribution in [2.24, 2.45) is 0 Å². The first-order valence-electron chi connectivity index (χ1n) is 7.92. The second-order valence-corrected chi connectivity index (χ2v) is 6.29. The standard InChI is InChI=1S/C20H13ClN2O3/c1-11(24)26-20-15-7-6-14(21)9-16(15)23-18(20)19(25)17-8-12-4-2-3-5-13(12)10-22-17/h2-10,23H,1H3. The fourth-order valence-corrected chi connectivity index (χ4v) is 3.06. The summed E-state index contributed by atoms with van der Waals surface area (Å²) in [4.78, 5) is 31.8. The number of H-pyrrole nitrogens is 1. The van der Waals surface area contributed by atoms with Crippen LogP contribution in [0.25, 0.3) is 21.7 Å². The third kappa shape index (κ3) is 2.82. The molecule has 0 unspecified atom stereocenters. The van der Waals surface area contributed by atoms with E-state index in [9.17, 15) is 9.59 Å². The summed E-state index contributed by atoms with van der Waals surface area (Å²) in [7, 11) is 0. The molecule has 6 heteroatoms. The van der Waals surface area contributed by atoms with Gasteiger partial charge < -0.3 is 9.72 Å². The minimum Gasteiger partial charge on any atom is -0.424 e. The van der Waals surface area contributed by atoms with Crippen molar-refractivity contribution in [1.29, 1.82) is 0 Å². The normalized spacial score (nSPS) is 11.0. The molecule has 0 aliphatic carbocycles. The number of fused-ring (bicyclic) bond motifs is 2. The molecule has 2 aromatic carbocycles. The van der Waals surface area contributed by atoms with Crippen molar-refractivity contribution >= 4 is 45.0 Å². The van der Waals surface area contributed by atoms with Gasteiger partial charge in [0.1, 0.15) is 11.4 Å². The Labute approximate surface area is 153 Å². The van der Waals surface area contributed by atoms with Crippen LogP contribution < -0.4 is 4.74 Å². The average molecular weight is 365 g/mol. The third-order valence-electron chi connectivity index (χ3n) is 4.05. The number of nitrogens with one attached hydrogen (secondary N) is 1. The van der Waals surface area contributed by atoms with Crippen LogP contribution >= 0.6 is 11.6 Å². The van der Waals surface area contributed by atoms with Crippen molar-refractivity contribution in [3.8, 4) is 5.75 Å². The number of rotatable bonds is 3. The maximum atomic E-state index is 13.0. The highest BCUT2D eigenvalue weighted by atomic mass is 35.5. The Kier molecular flexibility index (Phi) is 3.93. The maximum absolute atomic E-state index is 13.0. The van der Waals surface area contributed by atoms with Crippen LogP contribution in [0.5, 0.6) is 5.75 Å². The number of carbonyl (C=O) groups excluding carboxylic acids is 2. The number of carbonyl (C=O) groups is 2. The van der Waals surface area contributed by atoms with Gasteiger partial charge in [-0.25, -0.2) is 0 Å². The molecule has 0 amide bonds. The summed E-state index contributed by atoms with van der Waals surface area (Å²) in [5.41, 5.74) is 1.04. The first kappa shape index (κ1) is 16.3. The number of nitrogens with zero attached hydrogens (tertiary/aromatic N) is 1. The Morgan fingerprint density at radius 2 is 1.85 bits per heavy atom. The molecule has 0 aliphatic heterocycles. The Hall–Kier alpha value is -3.18. The number of benzene rings is 2. The van der Waals surface area contributed by atoms with Gasteiger partial charge in [0, 0.05) is 28.9 Å². The predicted molar refractivity (Wildman–Crippen MR) is 99.8 cm³/mol. The van der Waals surface area contributed by atoms with Gasteiger partial charge in [-0.05, 0) is 29.7 Å². The largest absolute Gasteiger partial charge is 0.424 e. The lowest BCUT2D eigenvalue weighted by molar-refractivity contribution is -0.131. The number of halogens is 1. The molecule has 0 atom stereocenters. The number of esters is 1. The summed E-state index contributed by atoms with van der Waals surface area (Å²) in [6.07, 6.45) is 1.65. The highest BCUT2D eigenvalue weighted by molar-refractivity contribution is 6.31. The molecular weight excluding hydrogens is 352 g/mol. The Morgan fingerprint density at radius 3 is 2.62 bits per heavy atom. The smallest absolute Gasteiger partial charge is 0.308 e. The van der Waals surface area contributed by atoms with Gasteiger partial charge in [-0.1, -0.05) is 35.9 Å². The number of pyridine rings is 1. The van der Waals surface area contributed by atoms with E-state index in [2.05, 4.69) is 9.97 Å². The van der Waals surface area contributed by atoms with Crippen molar-refractivity contribution in [2.45, 2.75) is 6.92 Å². The van der Waals surface area contributed by atoms with Crippen LogP contribution in [-0.2, 0) is 4.79 Å². The molecule has 0 radical (unpaired) electrons. The number of aromatic amines is 1. The number of aromatic nitrogens is 2. The van der Waals surface area contributed by atoms with Crippen molar-refractivity contribution < 1.29 is 14.3 Å². The molecule has 4 aromatic rings. The van der Waals surface area contributed by atoms with Gasteiger partial charge in [0.15, 0.2) is 5.75 Å². The second-order valence-electron chi connectivity index (χ2n) is 5.86. The average Bonchev–Trinajstić information content (AvgIpc) is 2.97. The molecule has 0 bridgehead atoms. The van der Waals surface area contributed by atoms with Crippen LogP contribution in [0.3, 0.4) is 0 Å². The summed E-state index contributed by atoms with van der Waals surface area (Å²) in [5, 5.41) is 2.96. The van der Waals surface area contributed by atoms with Crippen molar-refractivity contribution in [3.63, 3.8) is 0 Å². The van der Waals surface area contributed by atoms with E-state index in [1.165, 1.54) is 6.92 Å². The van der Waals surface area contributed by atoms with Crippen molar-refractivity contribution in [1.82, 2.24) is 9.97 Å². The quantitative estimate of drug-likeness (QED) is 0.428. The minimum absolute atomic E-state index is 0.167. The molecule has 1 N–H and O–H groups in total.